The molecule has 2 aromatic rings. The van der Waals surface area contributed by atoms with Crippen LogP contribution in [0.5, 0.6) is 0 Å². The molecule has 1 aromatic heterocycles. The van der Waals surface area contributed by atoms with E-state index in [0.717, 1.165) is 49.1 Å². The minimum absolute atomic E-state index is 0.214. The number of hydrogen-bond acceptors (Lipinski definition) is 4. The Morgan fingerprint density at radius 3 is 2.58 bits per heavy atom. The Morgan fingerprint density at radius 2 is 1.88 bits per heavy atom. The lowest BCUT2D eigenvalue weighted by Crippen LogP contribution is -2.49. The average Bonchev–Trinajstić information content (AvgIpc) is 2.67. The minimum atomic E-state index is -0.214. The lowest BCUT2D eigenvalue weighted by molar-refractivity contribution is -0.131. The van der Waals surface area contributed by atoms with E-state index in [1.165, 1.54) is 17.7 Å². The lowest BCUT2D eigenvalue weighted by Gasteiger charge is -2.36. The van der Waals surface area contributed by atoms with Gasteiger partial charge in [-0.1, -0.05) is 18.2 Å². The van der Waals surface area contributed by atoms with Crippen molar-refractivity contribution in [1.29, 1.82) is 0 Å². The lowest BCUT2D eigenvalue weighted by atomic mass is 10.2. The molecule has 0 N–H and O–H groups in total. The molecular formula is C20H24FN3OS. The third-order valence-electron chi connectivity index (χ3n) is 4.56. The molecule has 2 heterocycles. The Morgan fingerprint density at radius 1 is 1.15 bits per heavy atom. The van der Waals surface area contributed by atoms with E-state index in [9.17, 15) is 9.18 Å². The third kappa shape index (κ3) is 4.97. The number of hydrogen-bond donors (Lipinski definition) is 0. The highest BCUT2D eigenvalue weighted by molar-refractivity contribution is 7.98. The normalized spacial score (nSPS) is 14.5. The second-order valence-corrected chi connectivity index (χ2v) is 7.55. The summed E-state index contributed by atoms with van der Waals surface area (Å²) < 4.78 is 12.9. The summed E-state index contributed by atoms with van der Waals surface area (Å²) in [5.74, 6) is 2.62. The maximum atomic E-state index is 12.9. The molecule has 0 saturated carbocycles. The quantitative estimate of drug-likeness (QED) is 0.726. The Balaban J connectivity index is 1.38. The number of aryl methyl sites for hydroxylation is 1. The summed E-state index contributed by atoms with van der Waals surface area (Å²) in [6.45, 7) is 5.21. The van der Waals surface area contributed by atoms with Crippen LogP contribution in [-0.2, 0) is 10.5 Å². The molecule has 1 amide bonds. The molecule has 1 aromatic carbocycles. The number of benzene rings is 1. The minimum Gasteiger partial charge on any atom is -0.353 e. The number of rotatable bonds is 6. The number of thioether (sulfide) groups is 1. The third-order valence-corrected chi connectivity index (χ3v) is 5.59. The first-order chi connectivity index (χ1) is 12.6. The Hall–Kier alpha value is -2.08. The molecule has 26 heavy (non-hydrogen) atoms. The van der Waals surface area contributed by atoms with Gasteiger partial charge in [0.05, 0.1) is 0 Å². The molecule has 1 saturated heterocycles. The number of halogens is 1. The van der Waals surface area contributed by atoms with E-state index in [4.69, 9.17) is 0 Å². The zero-order valence-corrected chi connectivity index (χ0v) is 15.8. The van der Waals surface area contributed by atoms with Crippen molar-refractivity contribution in [3.63, 3.8) is 0 Å². The number of piperazine rings is 1. The standard InChI is InChI=1S/C20H24FN3OS/c1-16-3-2-9-22-20(16)24-12-10-23(11-13-24)19(25)8-14-26-15-17-4-6-18(21)7-5-17/h2-7,9H,8,10-15H2,1H3. The average molecular weight is 373 g/mol. The van der Waals surface area contributed by atoms with Crippen LogP contribution < -0.4 is 4.90 Å². The van der Waals surface area contributed by atoms with Crippen LogP contribution in [0, 0.1) is 12.7 Å². The molecule has 3 rings (SSSR count). The molecule has 6 heteroatoms. The SMILES string of the molecule is Cc1cccnc1N1CCN(C(=O)CCSCc2ccc(F)cc2)CC1. The van der Waals surface area contributed by atoms with E-state index < -0.39 is 0 Å². The van der Waals surface area contributed by atoms with Gasteiger partial charge in [0.2, 0.25) is 5.91 Å². The summed E-state index contributed by atoms with van der Waals surface area (Å²) >= 11 is 1.71. The molecule has 0 unspecified atom stereocenters. The first-order valence-corrected chi connectivity index (χ1v) is 10.1. The topological polar surface area (TPSA) is 36.4 Å². The van der Waals surface area contributed by atoms with Crippen LogP contribution in [0.3, 0.4) is 0 Å². The molecule has 4 nitrogen and oxygen atoms in total. The van der Waals surface area contributed by atoms with Gasteiger partial charge in [-0.25, -0.2) is 9.37 Å². The van der Waals surface area contributed by atoms with Crippen LogP contribution in [0.4, 0.5) is 10.2 Å². The highest BCUT2D eigenvalue weighted by Crippen LogP contribution is 2.19. The second-order valence-electron chi connectivity index (χ2n) is 6.44. The molecular weight excluding hydrogens is 349 g/mol. The smallest absolute Gasteiger partial charge is 0.223 e. The van der Waals surface area contributed by atoms with Crippen LogP contribution in [0.2, 0.25) is 0 Å². The predicted octanol–water partition coefficient (Wildman–Crippen LogP) is 3.50. The zero-order chi connectivity index (χ0) is 18.4. The van der Waals surface area contributed by atoms with Gasteiger partial charge in [-0.15, -0.1) is 0 Å². The summed E-state index contributed by atoms with van der Waals surface area (Å²) in [6, 6.07) is 10.6. The molecule has 1 aliphatic rings. The Bertz CT molecular complexity index is 730. The van der Waals surface area contributed by atoms with Gasteiger partial charge < -0.3 is 9.80 Å². The number of carbonyl (C=O) groups is 1. The molecule has 1 aliphatic heterocycles. The molecule has 0 radical (unpaired) electrons. The van der Waals surface area contributed by atoms with Crippen molar-refractivity contribution >= 4 is 23.5 Å². The summed E-state index contributed by atoms with van der Waals surface area (Å²) in [5.41, 5.74) is 2.26. The van der Waals surface area contributed by atoms with Crippen molar-refractivity contribution in [3.8, 4) is 0 Å². The van der Waals surface area contributed by atoms with Gasteiger partial charge in [-0.05, 0) is 36.2 Å². The summed E-state index contributed by atoms with van der Waals surface area (Å²) in [7, 11) is 0. The fourth-order valence-corrected chi connectivity index (χ4v) is 3.96. The molecule has 0 spiro atoms. The van der Waals surface area contributed by atoms with Crippen LogP contribution in [0.1, 0.15) is 17.5 Å². The maximum Gasteiger partial charge on any atom is 0.223 e. The van der Waals surface area contributed by atoms with Crippen molar-refractivity contribution in [3.05, 3.63) is 59.5 Å². The number of nitrogens with zero attached hydrogens (tertiary/aromatic N) is 3. The summed E-state index contributed by atoms with van der Waals surface area (Å²) in [6.07, 6.45) is 2.37. The molecule has 138 valence electrons. The number of aromatic nitrogens is 1. The van der Waals surface area contributed by atoms with Crippen LogP contribution >= 0.6 is 11.8 Å². The van der Waals surface area contributed by atoms with Crippen LogP contribution in [0.25, 0.3) is 0 Å². The highest BCUT2D eigenvalue weighted by Gasteiger charge is 2.22. The van der Waals surface area contributed by atoms with Gasteiger partial charge in [-0.2, -0.15) is 11.8 Å². The molecule has 0 aliphatic carbocycles. The van der Waals surface area contributed by atoms with E-state index in [2.05, 4.69) is 22.9 Å². The fourth-order valence-electron chi connectivity index (χ4n) is 3.06. The zero-order valence-electron chi connectivity index (χ0n) is 15.0. The molecule has 0 atom stereocenters. The highest BCUT2D eigenvalue weighted by atomic mass is 32.2. The number of amides is 1. The fraction of sp³-hybridized carbons (Fsp3) is 0.400. The van der Waals surface area contributed by atoms with Crippen molar-refractivity contribution < 1.29 is 9.18 Å². The summed E-state index contributed by atoms with van der Waals surface area (Å²) in [5, 5.41) is 0. The van der Waals surface area contributed by atoms with Gasteiger partial charge in [-0.3, -0.25) is 4.79 Å². The number of carbonyl (C=O) groups excluding carboxylic acids is 1. The number of pyridine rings is 1. The second kappa shape index (κ2) is 9.03. The van der Waals surface area contributed by atoms with Gasteiger partial charge in [0.25, 0.3) is 0 Å². The first kappa shape index (κ1) is 18.7. The number of anilines is 1. The molecule has 0 bridgehead atoms. The Kier molecular flexibility index (Phi) is 6.50. The summed E-state index contributed by atoms with van der Waals surface area (Å²) in [4.78, 5) is 21.1. The van der Waals surface area contributed by atoms with Crippen molar-refractivity contribution in [1.82, 2.24) is 9.88 Å². The van der Waals surface area contributed by atoms with Crippen LogP contribution in [0.15, 0.2) is 42.6 Å². The largest absolute Gasteiger partial charge is 0.353 e. The first-order valence-electron chi connectivity index (χ1n) is 8.90. The Labute approximate surface area is 158 Å². The van der Waals surface area contributed by atoms with Gasteiger partial charge in [0.1, 0.15) is 11.6 Å². The van der Waals surface area contributed by atoms with Gasteiger partial charge in [0, 0.05) is 50.3 Å². The van der Waals surface area contributed by atoms with E-state index in [1.54, 1.807) is 23.9 Å². The molecule has 1 fully saturated rings. The van der Waals surface area contributed by atoms with E-state index in [-0.39, 0.29) is 11.7 Å². The van der Waals surface area contributed by atoms with Crippen molar-refractivity contribution in [2.24, 2.45) is 0 Å². The monoisotopic (exact) mass is 373 g/mol. The van der Waals surface area contributed by atoms with Crippen molar-refractivity contribution in [2.45, 2.75) is 19.1 Å². The van der Waals surface area contributed by atoms with E-state index in [0.29, 0.717) is 6.42 Å². The van der Waals surface area contributed by atoms with E-state index in [1.807, 2.05) is 17.2 Å². The predicted molar refractivity (Wildman–Crippen MR) is 105 cm³/mol. The van der Waals surface area contributed by atoms with Gasteiger partial charge >= 0.3 is 0 Å². The van der Waals surface area contributed by atoms with Crippen LogP contribution in [-0.4, -0.2) is 47.7 Å². The maximum absolute atomic E-state index is 12.9. The van der Waals surface area contributed by atoms with E-state index >= 15 is 0 Å². The van der Waals surface area contributed by atoms with Crippen molar-refractivity contribution in [2.75, 3.05) is 36.8 Å². The van der Waals surface area contributed by atoms with Gasteiger partial charge in [0.15, 0.2) is 0 Å².